The minimum Gasteiger partial charge on any atom is -0.480 e. The van der Waals surface area contributed by atoms with Crippen molar-refractivity contribution in [2.75, 3.05) is 13.1 Å². The average molecular weight is 205 g/mol. The van der Waals surface area contributed by atoms with Crippen LogP contribution in [0.2, 0.25) is 0 Å². The van der Waals surface area contributed by atoms with E-state index in [4.69, 9.17) is 21.7 Å². The van der Waals surface area contributed by atoms with E-state index < -0.39 is 18.2 Å². The number of nitrogens with two attached hydrogens (primary N) is 2. The Hall–Kier alpha value is -0.690. The summed E-state index contributed by atoms with van der Waals surface area (Å²) in [5.41, 5.74) is 10.4. The molecule has 14 heavy (non-hydrogen) atoms. The molecule has 0 radical (unpaired) electrons. The largest absolute Gasteiger partial charge is 0.480 e. The highest BCUT2D eigenvalue weighted by molar-refractivity contribution is 5.73. The average Bonchev–Trinajstić information content (AvgIpc) is 2.16. The van der Waals surface area contributed by atoms with Crippen LogP contribution in [0.25, 0.3) is 0 Å². The molecule has 0 aliphatic carbocycles. The van der Waals surface area contributed by atoms with Crippen molar-refractivity contribution in [3.05, 3.63) is 0 Å². The fourth-order valence-corrected chi connectivity index (χ4v) is 1.07. The van der Waals surface area contributed by atoms with Gasteiger partial charge < -0.3 is 21.7 Å². The Balaban J connectivity index is 3.84. The predicted molar refractivity (Wildman–Crippen MR) is 52.5 cm³/mol. The van der Waals surface area contributed by atoms with Gasteiger partial charge in [0.25, 0.3) is 0 Å². The molecule has 0 heterocycles. The summed E-state index contributed by atoms with van der Waals surface area (Å²) in [5.74, 6) is -0.977. The molecular weight excluding hydrogens is 186 g/mol. The van der Waals surface area contributed by atoms with Gasteiger partial charge >= 0.3 is 5.97 Å². The van der Waals surface area contributed by atoms with Gasteiger partial charge in [-0.05, 0) is 19.4 Å². The van der Waals surface area contributed by atoms with E-state index in [9.17, 15) is 4.79 Å². The number of aliphatic hydroxyl groups is 1. The van der Waals surface area contributed by atoms with Crippen LogP contribution < -0.4 is 16.8 Å². The van der Waals surface area contributed by atoms with E-state index in [1.54, 1.807) is 0 Å². The quantitative estimate of drug-likeness (QED) is 0.241. The van der Waals surface area contributed by atoms with Crippen LogP contribution in [0, 0.1) is 0 Å². The monoisotopic (exact) mass is 205 g/mol. The van der Waals surface area contributed by atoms with Crippen molar-refractivity contribution in [3.8, 4) is 0 Å². The lowest BCUT2D eigenvalue weighted by Gasteiger charge is -2.17. The molecule has 7 N–H and O–H groups in total. The van der Waals surface area contributed by atoms with Crippen LogP contribution in [-0.2, 0) is 4.79 Å². The van der Waals surface area contributed by atoms with Crippen molar-refractivity contribution in [2.45, 2.75) is 31.5 Å². The highest BCUT2D eigenvalue weighted by atomic mass is 16.4. The molecule has 0 bridgehead atoms. The molecule has 0 saturated carbocycles. The number of rotatable bonds is 8. The first kappa shape index (κ1) is 13.3. The number of nitrogens with one attached hydrogen (secondary N) is 1. The van der Waals surface area contributed by atoms with Gasteiger partial charge in [-0.3, -0.25) is 10.1 Å². The maximum atomic E-state index is 10.7. The van der Waals surface area contributed by atoms with Gasteiger partial charge in [-0.2, -0.15) is 0 Å². The third-order valence-electron chi connectivity index (χ3n) is 1.86. The first-order valence-electron chi connectivity index (χ1n) is 4.68. The molecule has 0 rings (SSSR count). The Morgan fingerprint density at radius 2 is 2.00 bits per heavy atom. The van der Waals surface area contributed by atoms with Gasteiger partial charge in [0, 0.05) is 6.54 Å². The van der Waals surface area contributed by atoms with E-state index in [-0.39, 0.29) is 6.54 Å². The van der Waals surface area contributed by atoms with Gasteiger partial charge in [-0.25, -0.2) is 0 Å². The summed E-state index contributed by atoms with van der Waals surface area (Å²) in [4.78, 5) is 10.7. The second kappa shape index (κ2) is 7.69. The van der Waals surface area contributed by atoms with Gasteiger partial charge in [-0.15, -0.1) is 0 Å². The van der Waals surface area contributed by atoms with Crippen molar-refractivity contribution >= 4 is 5.97 Å². The molecule has 0 aliphatic heterocycles. The molecule has 0 fully saturated rings. The zero-order chi connectivity index (χ0) is 11.0. The van der Waals surface area contributed by atoms with Crippen LogP contribution in [0.15, 0.2) is 0 Å². The zero-order valence-corrected chi connectivity index (χ0v) is 8.15. The van der Waals surface area contributed by atoms with Crippen molar-refractivity contribution in [1.29, 1.82) is 0 Å². The van der Waals surface area contributed by atoms with Gasteiger partial charge in [0.2, 0.25) is 0 Å². The van der Waals surface area contributed by atoms with Gasteiger partial charge in [0.05, 0.1) is 0 Å². The Bertz CT molecular complexity index is 166. The van der Waals surface area contributed by atoms with E-state index in [1.165, 1.54) is 0 Å². The topological polar surface area (TPSA) is 122 Å². The van der Waals surface area contributed by atoms with Crippen molar-refractivity contribution in [1.82, 2.24) is 5.32 Å². The normalized spacial score (nSPS) is 15.1. The number of aliphatic hydroxyl groups excluding tert-OH is 1. The molecule has 0 amide bonds. The molecule has 2 unspecified atom stereocenters. The zero-order valence-electron chi connectivity index (χ0n) is 8.15. The molecular formula is C8H19N3O3. The maximum Gasteiger partial charge on any atom is 0.320 e. The highest BCUT2D eigenvalue weighted by Crippen LogP contribution is 2.01. The summed E-state index contributed by atoms with van der Waals surface area (Å²) >= 11 is 0. The molecule has 0 spiro atoms. The lowest BCUT2D eigenvalue weighted by molar-refractivity contribution is -0.140. The first-order chi connectivity index (χ1) is 6.61. The van der Waals surface area contributed by atoms with Crippen molar-refractivity contribution < 1.29 is 15.0 Å². The van der Waals surface area contributed by atoms with E-state index in [0.29, 0.717) is 13.0 Å². The molecule has 0 aromatic rings. The molecule has 0 aromatic carbocycles. The van der Waals surface area contributed by atoms with Crippen LogP contribution in [0.1, 0.15) is 19.3 Å². The second-order valence-corrected chi connectivity index (χ2v) is 3.09. The predicted octanol–water partition coefficient (Wildman–Crippen LogP) is -1.56. The van der Waals surface area contributed by atoms with Crippen molar-refractivity contribution in [2.24, 2.45) is 11.5 Å². The fraction of sp³-hybridized carbons (Fsp3) is 0.875. The molecule has 0 aromatic heterocycles. The van der Waals surface area contributed by atoms with Crippen LogP contribution in [-0.4, -0.2) is 41.5 Å². The number of carboxylic acids is 1. The third-order valence-corrected chi connectivity index (χ3v) is 1.86. The summed E-state index contributed by atoms with van der Waals surface area (Å²) in [7, 11) is 0. The van der Waals surface area contributed by atoms with Gasteiger partial charge in [-0.1, -0.05) is 6.42 Å². The number of hydrogen-bond acceptors (Lipinski definition) is 5. The summed E-state index contributed by atoms with van der Waals surface area (Å²) in [6, 6.07) is -0.750. The van der Waals surface area contributed by atoms with Crippen molar-refractivity contribution in [3.63, 3.8) is 0 Å². The molecule has 0 saturated heterocycles. The minimum atomic E-state index is -0.977. The summed E-state index contributed by atoms with van der Waals surface area (Å²) < 4.78 is 0. The van der Waals surface area contributed by atoms with E-state index in [1.807, 2.05) is 0 Å². The van der Waals surface area contributed by atoms with Crippen LogP contribution in [0.4, 0.5) is 0 Å². The number of unbranched alkanes of at least 4 members (excludes halogenated alkanes) is 1. The summed E-state index contributed by atoms with van der Waals surface area (Å²) in [6.45, 7) is 0.548. The maximum absolute atomic E-state index is 10.7. The summed E-state index contributed by atoms with van der Waals surface area (Å²) in [5, 5.41) is 20.4. The Morgan fingerprint density at radius 1 is 1.36 bits per heavy atom. The van der Waals surface area contributed by atoms with Crippen LogP contribution in [0.3, 0.4) is 0 Å². The number of hydrogen-bond donors (Lipinski definition) is 5. The minimum absolute atomic E-state index is 0.000664. The standard InChI is InChI=1S/C8H19N3O3/c9-4-2-1-3-6(8(13)14)11-7(12)5-10/h6-7,11-12H,1-5,9-10H2,(H,13,14). The highest BCUT2D eigenvalue weighted by Gasteiger charge is 2.18. The van der Waals surface area contributed by atoms with E-state index in [0.717, 1.165) is 12.8 Å². The Kier molecular flexibility index (Phi) is 7.31. The summed E-state index contributed by atoms with van der Waals surface area (Å²) in [6.07, 6.45) is 0.986. The van der Waals surface area contributed by atoms with Gasteiger partial charge in [0.15, 0.2) is 0 Å². The Morgan fingerprint density at radius 3 is 2.43 bits per heavy atom. The molecule has 6 heteroatoms. The molecule has 2 atom stereocenters. The number of carbonyl (C=O) groups is 1. The fourth-order valence-electron chi connectivity index (χ4n) is 1.07. The Labute approximate surface area is 83.3 Å². The van der Waals surface area contributed by atoms with Crippen LogP contribution in [0.5, 0.6) is 0 Å². The number of carboxylic acid groups (broad SMARTS) is 1. The smallest absolute Gasteiger partial charge is 0.320 e. The van der Waals surface area contributed by atoms with Gasteiger partial charge in [0.1, 0.15) is 12.3 Å². The second-order valence-electron chi connectivity index (χ2n) is 3.09. The molecule has 0 aliphatic rings. The molecule has 84 valence electrons. The van der Waals surface area contributed by atoms with E-state index >= 15 is 0 Å². The lowest BCUT2D eigenvalue weighted by atomic mass is 10.1. The third kappa shape index (κ3) is 5.87. The first-order valence-corrected chi connectivity index (χ1v) is 4.68. The van der Waals surface area contributed by atoms with E-state index in [2.05, 4.69) is 5.32 Å². The number of aliphatic carboxylic acids is 1. The lowest BCUT2D eigenvalue weighted by Crippen LogP contribution is -2.46. The molecule has 6 nitrogen and oxygen atoms in total. The van der Waals surface area contributed by atoms with Crippen LogP contribution >= 0.6 is 0 Å². The SMILES string of the molecule is NCCCCC(NC(O)CN)C(=O)O.